The normalized spacial score (nSPS) is 21.8. The van der Waals surface area contributed by atoms with Gasteiger partial charge < -0.3 is 29.2 Å². The summed E-state index contributed by atoms with van der Waals surface area (Å²) in [6.45, 7) is 0. The number of benzene rings is 4. The minimum Gasteiger partial charge on any atom is -0.493 e. The number of carbonyl (C=O) groups is 6. The lowest BCUT2D eigenvalue weighted by atomic mass is 9.87. The molecule has 0 atom stereocenters. The number of aliphatic hydroxyl groups excluding tert-OH is 2. The van der Waals surface area contributed by atoms with E-state index in [2.05, 4.69) is 0 Å². The van der Waals surface area contributed by atoms with Gasteiger partial charge in [-0.1, -0.05) is 109 Å². The molecule has 4 aromatic carbocycles. The van der Waals surface area contributed by atoms with Gasteiger partial charge in [-0.25, -0.2) is 14.4 Å². The van der Waals surface area contributed by atoms with Crippen LogP contribution in [0.25, 0.3) is 0 Å². The minimum absolute atomic E-state index is 0.000641. The van der Waals surface area contributed by atoms with Crippen LogP contribution in [0, 0.1) is 0 Å². The average molecular weight is 1040 g/mol. The molecule has 3 amide bonds. The summed E-state index contributed by atoms with van der Waals surface area (Å²) in [6.07, 6.45) is 11.4. The SMILES string of the molecule is O=C1OC2(CCC3(CC2)OC(=O)C(/C=C/C=C/C=C2C(=O)N(c4ccccc4)S(=O)(=O)N(c4ccccc4)C2=O)=C(O)O3)OC(=O)C1=C/C=C/C=C/C1=C(O)N(c2ccccc2)S(=O)(=O)N(c2ccccc2)C1=O. The number of nitrogens with zero attached hydrogens (tertiary/aromatic N) is 4. The Labute approximate surface area is 422 Å². The number of para-hydroxylation sites is 4. The molecule has 4 aliphatic heterocycles. The molecule has 4 aromatic rings. The van der Waals surface area contributed by atoms with Gasteiger partial charge in [0.25, 0.3) is 35.2 Å². The van der Waals surface area contributed by atoms with Gasteiger partial charge in [0, 0.05) is 25.7 Å². The maximum atomic E-state index is 13.7. The zero-order valence-corrected chi connectivity index (χ0v) is 40.0. The average Bonchev–Trinajstić information content (AvgIpc) is 3.37. The smallest absolute Gasteiger partial charge is 0.348 e. The van der Waals surface area contributed by atoms with E-state index in [1.807, 2.05) is 0 Å². The van der Waals surface area contributed by atoms with Crippen LogP contribution in [0.2, 0.25) is 0 Å². The second-order valence-electron chi connectivity index (χ2n) is 16.5. The molecule has 74 heavy (non-hydrogen) atoms. The topological polar surface area (TPSA) is 261 Å². The van der Waals surface area contributed by atoms with E-state index in [0.29, 0.717) is 17.2 Å². The van der Waals surface area contributed by atoms with Crippen molar-refractivity contribution in [3.63, 3.8) is 0 Å². The molecule has 0 unspecified atom stereocenters. The van der Waals surface area contributed by atoms with Crippen molar-refractivity contribution < 1.29 is 74.8 Å². The van der Waals surface area contributed by atoms with Gasteiger partial charge in [-0.3, -0.25) is 14.4 Å². The molecule has 2 saturated heterocycles. The van der Waals surface area contributed by atoms with Gasteiger partial charge in [0.2, 0.25) is 5.88 Å². The lowest BCUT2D eigenvalue weighted by Gasteiger charge is -2.46. The largest absolute Gasteiger partial charge is 0.493 e. The van der Waals surface area contributed by atoms with Gasteiger partial charge in [0.05, 0.1) is 22.7 Å². The van der Waals surface area contributed by atoms with Crippen molar-refractivity contribution in [1.82, 2.24) is 0 Å². The van der Waals surface area contributed by atoms with E-state index in [9.17, 15) is 55.8 Å². The quantitative estimate of drug-likeness (QED) is 0.0757. The maximum Gasteiger partial charge on any atom is 0.348 e. The number of ether oxygens (including phenoxy) is 4. The van der Waals surface area contributed by atoms with Crippen molar-refractivity contribution in [3.05, 3.63) is 216 Å². The predicted octanol–water partition coefficient (Wildman–Crippen LogP) is 6.37. The maximum absolute atomic E-state index is 13.7. The second-order valence-corrected chi connectivity index (χ2v) is 19.8. The molecule has 1 aliphatic carbocycles. The molecule has 3 fully saturated rings. The fraction of sp³-hybridized carbons (Fsp3) is 0.115. The van der Waals surface area contributed by atoms with Crippen molar-refractivity contribution in [3.8, 4) is 0 Å². The van der Waals surface area contributed by atoms with E-state index in [0.717, 1.165) is 24.3 Å². The summed E-state index contributed by atoms with van der Waals surface area (Å²) in [5, 5.41) is 22.0. The predicted molar refractivity (Wildman–Crippen MR) is 264 cm³/mol. The van der Waals surface area contributed by atoms with Crippen LogP contribution < -0.4 is 17.2 Å². The number of amides is 3. The summed E-state index contributed by atoms with van der Waals surface area (Å²) in [5.74, 6) is -11.5. The molecule has 5 aliphatic rings. The fourth-order valence-electron chi connectivity index (χ4n) is 8.31. The van der Waals surface area contributed by atoms with Gasteiger partial charge in [-0.05, 0) is 72.8 Å². The number of esters is 3. The highest BCUT2D eigenvalue weighted by Gasteiger charge is 2.56. The number of carbonyl (C=O) groups excluding carboxylic acids is 6. The van der Waals surface area contributed by atoms with E-state index < -0.39 is 102 Å². The monoisotopic (exact) mass is 1040 g/mol. The molecule has 20 nitrogen and oxygen atoms in total. The molecule has 0 radical (unpaired) electrons. The number of hydrogen-bond donors (Lipinski definition) is 2. The molecule has 9 rings (SSSR count). The third kappa shape index (κ3) is 9.25. The van der Waals surface area contributed by atoms with E-state index in [1.54, 1.807) is 48.5 Å². The van der Waals surface area contributed by atoms with Gasteiger partial charge in [0.1, 0.15) is 22.3 Å². The van der Waals surface area contributed by atoms with Crippen LogP contribution in [-0.4, -0.2) is 74.3 Å². The van der Waals surface area contributed by atoms with Crippen molar-refractivity contribution in [2.75, 3.05) is 17.2 Å². The molecule has 1 saturated carbocycles. The third-order valence-corrected chi connectivity index (χ3v) is 15.2. The number of aliphatic hydroxyl groups is 2. The Bertz CT molecular complexity index is 3380. The third-order valence-electron chi connectivity index (χ3n) is 11.8. The molecule has 22 heteroatoms. The van der Waals surface area contributed by atoms with Crippen LogP contribution in [0.1, 0.15) is 25.7 Å². The summed E-state index contributed by atoms with van der Waals surface area (Å²) in [7, 11) is -9.35. The molecule has 4 heterocycles. The molecular weight excluding hydrogens is 1000 g/mol. The van der Waals surface area contributed by atoms with Crippen LogP contribution in [0.15, 0.2) is 216 Å². The Balaban J connectivity index is 0.839. The summed E-state index contributed by atoms with van der Waals surface area (Å²) in [4.78, 5) is 80.4. The van der Waals surface area contributed by atoms with E-state index in [1.165, 1.54) is 109 Å². The first-order valence-electron chi connectivity index (χ1n) is 22.4. The molecule has 0 bridgehead atoms. The summed E-state index contributed by atoms with van der Waals surface area (Å²) >= 11 is 0. The fourth-order valence-corrected chi connectivity index (χ4v) is 11.4. The number of anilines is 4. The Kier molecular flexibility index (Phi) is 13.2. The van der Waals surface area contributed by atoms with Crippen LogP contribution in [0.4, 0.5) is 22.7 Å². The Hall–Kier alpha value is -9.28. The highest BCUT2D eigenvalue weighted by Crippen LogP contribution is 2.46. The lowest BCUT2D eigenvalue weighted by molar-refractivity contribution is -0.297. The van der Waals surface area contributed by atoms with Crippen LogP contribution in [-0.2, 0) is 68.1 Å². The van der Waals surface area contributed by atoms with E-state index in [4.69, 9.17) is 18.9 Å². The van der Waals surface area contributed by atoms with Crippen molar-refractivity contribution >= 4 is 78.8 Å². The van der Waals surface area contributed by atoms with E-state index in [-0.39, 0.29) is 48.4 Å². The summed E-state index contributed by atoms with van der Waals surface area (Å²) in [5.41, 5.74) is -1.71. The molecule has 2 N–H and O–H groups in total. The first-order chi connectivity index (χ1) is 35.5. The second kappa shape index (κ2) is 19.7. The van der Waals surface area contributed by atoms with Crippen molar-refractivity contribution in [1.29, 1.82) is 0 Å². The minimum atomic E-state index is -4.71. The number of hydrogen-bond acceptors (Lipinski definition) is 16. The molecular formula is C52H40N4O16S2. The molecule has 2 spiro atoms. The standard InChI is InChI=1S/C52H40N4O16S2/c57-43-39(44(58)54(36-21-9-2-10-22-36)73(65,66)53(43)35-19-7-1-8-20-35)27-15-5-17-29-41-47(61)69-51(70-48(41)62)31-33-52(34-32-51)71-49(63)42(50(64)72-52)30-18-6-16-28-40-45(59)55(37-23-11-3-12-24-37)74(67,68)56(46(40)60)38-25-13-4-14-26-38/h1-30,57,63H,31-34H2/b16-6+,17-5+,27-15+,30-18+,41-29?. The van der Waals surface area contributed by atoms with E-state index >= 15 is 0 Å². The number of rotatable bonds is 10. The van der Waals surface area contributed by atoms with Crippen LogP contribution >= 0.6 is 0 Å². The lowest BCUT2D eigenvalue weighted by Crippen LogP contribution is -2.57. The van der Waals surface area contributed by atoms with Gasteiger partial charge >= 0.3 is 38.3 Å². The number of allylic oxidation sites excluding steroid dienone is 8. The Morgan fingerprint density at radius 3 is 1.19 bits per heavy atom. The van der Waals surface area contributed by atoms with Gasteiger partial charge in [-0.15, -0.1) is 0 Å². The highest BCUT2D eigenvalue weighted by atomic mass is 32.2. The first-order valence-corrected chi connectivity index (χ1v) is 25.2. The van der Waals surface area contributed by atoms with Gasteiger partial charge in [0.15, 0.2) is 0 Å². The Morgan fingerprint density at radius 1 is 0.405 bits per heavy atom. The van der Waals surface area contributed by atoms with Crippen molar-refractivity contribution in [2.45, 2.75) is 37.3 Å². The summed E-state index contributed by atoms with van der Waals surface area (Å²) < 4.78 is 79.5. The van der Waals surface area contributed by atoms with Crippen LogP contribution in [0.5, 0.6) is 0 Å². The highest BCUT2D eigenvalue weighted by molar-refractivity contribution is 7.96. The molecule has 376 valence electrons. The zero-order chi connectivity index (χ0) is 52.4. The zero-order valence-electron chi connectivity index (χ0n) is 38.4. The molecule has 0 aromatic heterocycles. The first kappa shape index (κ1) is 49.7. The summed E-state index contributed by atoms with van der Waals surface area (Å²) in [6, 6.07) is 30.2. The van der Waals surface area contributed by atoms with Crippen LogP contribution in [0.3, 0.4) is 0 Å². The van der Waals surface area contributed by atoms with Gasteiger partial charge in [-0.2, -0.15) is 34.1 Å². The van der Waals surface area contributed by atoms with Crippen molar-refractivity contribution in [2.24, 2.45) is 0 Å². The Morgan fingerprint density at radius 2 is 0.757 bits per heavy atom.